The molecule has 1 aromatic heterocycles. The number of hydrogen-bond acceptors (Lipinski definition) is 5. The molecule has 16 heavy (non-hydrogen) atoms. The molecule has 3 rings (SSSR count). The Hall–Kier alpha value is -0.940. The average molecular weight is 223 g/mol. The third kappa shape index (κ3) is 1.74. The minimum Gasteiger partial charge on any atom is -0.424 e. The van der Waals surface area contributed by atoms with Gasteiger partial charge in [-0.15, -0.1) is 10.2 Å². The molecule has 1 N–H and O–H groups in total. The van der Waals surface area contributed by atoms with Gasteiger partial charge in [0, 0.05) is 19.5 Å². The molecule has 0 spiro atoms. The molecule has 88 valence electrons. The summed E-state index contributed by atoms with van der Waals surface area (Å²) in [6, 6.07) is 0. The number of β-amino-alcohol motifs (C(OH)–C–C–N with tert-alkyl or cyclic N) is 1. The summed E-state index contributed by atoms with van der Waals surface area (Å²) in [5, 5.41) is 18.0. The highest BCUT2D eigenvalue weighted by atomic mass is 16.4. The van der Waals surface area contributed by atoms with E-state index in [1.54, 1.807) is 0 Å². The predicted octanol–water partition coefficient (Wildman–Crippen LogP) is 0.589. The van der Waals surface area contributed by atoms with Gasteiger partial charge in [-0.3, -0.25) is 4.90 Å². The lowest BCUT2D eigenvalue weighted by atomic mass is 9.89. The smallest absolute Gasteiger partial charge is 0.230 e. The molecular weight excluding hydrogens is 206 g/mol. The highest BCUT2D eigenvalue weighted by Crippen LogP contribution is 2.44. The summed E-state index contributed by atoms with van der Waals surface area (Å²) in [7, 11) is 0. The number of aryl methyl sites for hydroxylation is 1. The van der Waals surface area contributed by atoms with E-state index in [1.807, 2.05) is 6.92 Å². The van der Waals surface area contributed by atoms with Crippen LogP contribution in [0.4, 0.5) is 0 Å². The summed E-state index contributed by atoms with van der Waals surface area (Å²) in [6.07, 6.45) is 3.15. The van der Waals surface area contributed by atoms with E-state index in [4.69, 9.17) is 4.42 Å². The Kier molecular flexibility index (Phi) is 2.26. The second-order valence-corrected chi connectivity index (χ2v) is 4.97. The van der Waals surface area contributed by atoms with Crippen LogP contribution in [0.1, 0.15) is 31.5 Å². The third-order valence-corrected chi connectivity index (χ3v) is 3.50. The standard InChI is InChI=1S/C11H17N3O2/c1-2-9-12-13-10(16-9)5-14-6-11(15,7-14)8-3-4-8/h8,15H,2-7H2,1H3. The lowest BCUT2D eigenvalue weighted by molar-refractivity contribution is -0.118. The average Bonchev–Trinajstić information content (AvgIpc) is 2.98. The van der Waals surface area contributed by atoms with Gasteiger partial charge in [-0.05, 0) is 18.8 Å². The highest BCUT2D eigenvalue weighted by Gasteiger charge is 2.51. The molecule has 2 fully saturated rings. The van der Waals surface area contributed by atoms with Gasteiger partial charge in [0.15, 0.2) is 0 Å². The quantitative estimate of drug-likeness (QED) is 0.809. The van der Waals surface area contributed by atoms with Gasteiger partial charge in [-0.1, -0.05) is 6.92 Å². The molecule has 0 radical (unpaired) electrons. The zero-order chi connectivity index (χ0) is 11.2. The van der Waals surface area contributed by atoms with Crippen molar-refractivity contribution in [2.75, 3.05) is 13.1 Å². The summed E-state index contributed by atoms with van der Waals surface area (Å²) in [5.41, 5.74) is -0.423. The van der Waals surface area contributed by atoms with E-state index >= 15 is 0 Å². The van der Waals surface area contributed by atoms with E-state index in [2.05, 4.69) is 15.1 Å². The molecule has 1 saturated carbocycles. The van der Waals surface area contributed by atoms with E-state index in [0.29, 0.717) is 24.2 Å². The fourth-order valence-electron chi connectivity index (χ4n) is 2.41. The zero-order valence-corrected chi connectivity index (χ0v) is 9.52. The number of nitrogens with zero attached hydrogens (tertiary/aromatic N) is 3. The largest absolute Gasteiger partial charge is 0.424 e. The Morgan fingerprint density at radius 3 is 2.62 bits per heavy atom. The van der Waals surface area contributed by atoms with Crippen molar-refractivity contribution in [2.24, 2.45) is 5.92 Å². The Labute approximate surface area is 94.5 Å². The van der Waals surface area contributed by atoms with Crippen molar-refractivity contribution in [3.05, 3.63) is 11.8 Å². The van der Waals surface area contributed by atoms with Crippen LogP contribution in [-0.4, -0.2) is 38.9 Å². The van der Waals surface area contributed by atoms with Crippen LogP contribution in [0.3, 0.4) is 0 Å². The maximum absolute atomic E-state index is 10.1. The van der Waals surface area contributed by atoms with Crippen LogP contribution >= 0.6 is 0 Å². The third-order valence-electron chi connectivity index (χ3n) is 3.50. The van der Waals surface area contributed by atoms with Gasteiger partial charge in [0.2, 0.25) is 11.8 Å². The highest BCUT2D eigenvalue weighted by molar-refractivity contribution is 5.05. The van der Waals surface area contributed by atoms with Gasteiger partial charge in [0.05, 0.1) is 12.1 Å². The summed E-state index contributed by atoms with van der Waals surface area (Å²) in [4.78, 5) is 2.16. The van der Waals surface area contributed by atoms with Gasteiger partial charge in [0.1, 0.15) is 0 Å². The van der Waals surface area contributed by atoms with E-state index in [1.165, 1.54) is 12.8 Å². The maximum Gasteiger partial charge on any atom is 0.230 e. The fraction of sp³-hybridized carbons (Fsp3) is 0.818. The molecule has 1 aliphatic heterocycles. The van der Waals surface area contributed by atoms with E-state index < -0.39 is 5.60 Å². The number of aliphatic hydroxyl groups is 1. The van der Waals surface area contributed by atoms with Crippen LogP contribution in [0.5, 0.6) is 0 Å². The summed E-state index contributed by atoms with van der Waals surface area (Å²) in [5.74, 6) is 1.89. The fourth-order valence-corrected chi connectivity index (χ4v) is 2.41. The van der Waals surface area contributed by atoms with Crippen molar-refractivity contribution in [2.45, 2.75) is 38.3 Å². The molecule has 5 heteroatoms. The number of likely N-dealkylation sites (tertiary alicyclic amines) is 1. The summed E-state index contributed by atoms with van der Waals surface area (Å²) >= 11 is 0. The van der Waals surface area contributed by atoms with E-state index in [0.717, 1.165) is 19.5 Å². The first-order valence-electron chi connectivity index (χ1n) is 5.95. The van der Waals surface area contributed by atoms with Crippen molar-refractivity contribution in [3.8, 4) is 0 Å². The first-order valence-corrected chi connectivity index (χ1v) is 5.95. The molecule has 0 unspecified atom stereocenters. The van der Waals surface area contributed by atoms with Crippen molar-refractivity contribution < 1.29 is 9.52 Å². The second kappa shape index (κ2) is 3.53. The SMILES string of the molecule is CCc1nnc(CN2CC(O)(C3CC3)C2)o1. The van der Waals surface area contributed by atoms with Crippen molar-refractivity contribution in [1.29, 1.82) is 0 Å². The molecular formula is C11H17N3O2. The van der Waals surface area contributed by atoms with E-state index in [9.17, 15) is 5.11 Å². The molecule has 0 bridgehead atoms. The van der Waals surface area contributed by atoms with Crippen LogP contribution < -0.4 is 0 Å². The number of aromatic nitrogens is 2. The summed E-state index contributed by atoms with van der Waals surface area (Å²) < 4.78 is 5.44. The van der Waals surface area contributed by atoms with Crippen LogP contribution in [0.2, 0.25) is 0 Å². The summed E-state index contributed by atoms with van der Waals surface area (Å²) in [6.45, 7) is 4.16. The van der Waals surface area contributed by atoms with Crippen molar-refractivity contribution >= 4 is 0 Å². The Morgan fingerprint density at radius 2 is 2.06 bits per heavy atom. The normalized spacial score (nSPS) is 24.4. The first-order chi connectivity index (χ1) is 7.69. The number of rotatable bonds is 4. The van der Waals surface area contributed by atoms with Crippen LogP contribution in [0, 0.1) is 5.92 Å². The molecule has 1 aliphatic carbocycles. The van der Waals surface area contributed by atoms with Crippen LogP contribution in [0.25, 0.3) is 0 Å². The molecule has 2 aliphatic rings. The predicted molar refractivity (Wildman–Crippen MR) is 56.6 cm³/mol. The van der Waals surface area contributed by atoms with Crippen LogP contribution in [-0.2, 0) is 13.0 Å². The van der Waals surface area contributed by atoms with Gasteiger partial charge in [-0.2, -0.15) is 0 Å². The van der Waals surface area contributed by atoms with E-state index in [-0.39, 0.29) is 0 Å². The Bertz CT molecular complexity index is 380. The zero-order valence-electron chi connectivity index (χ0n) is 9.52. The maximum atomic E-state index is 10.1. The first kappa shape index (κ1) is 10.2. The minimum absolute atomic E-state index is 0.423. The minimum atomic E-state index is -0.423. The molecule has 0 aromatic carbocycles. The van der Waals surface area contributed by atoms with Crippen molar-refractivity contribution in [3.63, 3.8) is 0 Å². The number of hydrogen-bond donors (Lipinski definition) is 1. The molecule has 1 saturated heterocycles. The monoisotopic (exact) mass is 223 g/mol. The van der Waals surface area contributed by atoms with Gasteiger partial charge in [0.25, 0.3) is 0 Å². The molecule has 1 aromatic rings. The topological polar surface area (TPSA) is 62.4 Å². The lowest BCUT2D eigenvalue weighted by Gasteiger charge is -2.46. The second-order valence-electron chi connectivity index (χ2n) is 4.97. The Balaban J connectivity index is 1.53. The molecule has 5 nitrogen and oxygen atoms in total. The molecule has 0 amide bonds. The van der Waals surface area contributed by atoms with Crippen LogP contribution in [0.15, 0.2) is 4.42 Å². The van der Waals surface area contributed by atoms with Gasteiger partial charge >= 0.3 is 0 Å². The molecule has 2 heterocycles. The lowest BCUT2D eigenvalue weighted by Crippen LogP contribution is -2.62. The Morgan fingerprint density at radius 1 is 1.38 bits per heavy atom. The van der Waals surface area contributed by atoms with Gasteiger partial charge < -0.3 is 9.52 Å². The van der Waals surface area contributed by atoms with Gasteiger partial charge in [-0.25, -0.2) is 0 Å². The van der Waals surface area contributed by atoms with Crippen molar-refractivity contribution in [1.82, 2.24) is 15.1 Å². The molecule has 0 atom stereocenters.